The van der Waals surface area contributed by atoms with Crippen molar-refractivity contribution in [3.8, 4) is 0 Å². The molecule has 3 heteroatoms. The van der Waals surface area contributed by atoms with Crippen molar-refractivity contribution >= 4 is 11.7 Å². The molecule has 0 aliphatic carbocycles. The summed E-state index contributed by atoms with van der Waals surface area (Å²) in [5, 5.41) is 12.4. The number of rotatable bonds is 4. The van der Waals surface area contributed by atoms with Gasteiger partial charge in [-0.1, -0.05) is 29.8 Å². The number of aromatic carboxylic acids is 1. The van der Waals surface area contributed by atoms with Crippen LogP contribution in [0.1, 0.15) is 32.6 Å². The van der Waals surface area contributed by atoms with E-state index in [1.807, 2.05) is 13.0 Å². The maximum Gasteiger partial charge on any atom is 0.336 e. The van der Waals surface area contributed by atoms with Crippen molar-refractivity contribution in [2.45, 2.75) is 27.3 Å². The van der Waals surface area contributed by atoms with Crippen LogP contribution in [-0.2, 0) is 6.54 Å². The first-order valence-electron chi connectivity index (χ1n) is 6.62. The van der Waals surface area contributed by atoms with E-state index in [0.29, 0.717) is 12.1 Å². The van der Waals surface area contributed by atoms with Gasteiger partial charge in [0.1, 0.15) is 0 Å². The standard InChI is InChI=1S/C17H19NO2/c1-11-7-8-14(12(2)9-11)10-18-16-6-4-5-15(13(16)3)17(19)20/h4-9,18H,10H2,1-3H3,(H,19,20). The summed E-state index contributed by atoms with van der Waals surface area (Å²) in [4.78, 5) is 11.1. The highest BCUT2D eigenvalue weighted by Gasteiger charge is 2.09. The molecule has 2 aromatic carbocycles. The molecule has 0 amide bonds. The third-order valence-corrected chi connectivity index (χ3v) is 3.53. The van der Waals surface area contributed by atoms with E-state index in [2.05, 4.69) is 37.4 Å². The molecule has 104 valence electrons. The van der Waals surface area contributed by atoms with Crippen LogP contribution in [0.25, 0.3) is 0 Å². The fourth-order valence-electron chi connectivity index (χ4n) is 2.29. The number of hydrogen-bond donors (Lipinski definition) is 2. The van der Waals surface area contributed by atoms with Crippen LogP contribution in [0, 0.1) is 20.8 Å². The van der Waals surface area contributed by atoms with E-state index in [9.17, 15) is 4.79 Å². The number of carboxylic acids is 1. The topological polar surface area (TPSA) is 49.3 Å². The third-order valence-electron chi connectivity index (χ3n) is 3.53. The summed E-state index contributed by atoms with van der Waals surface area (Å²) in [6, 6.07) is 11.6. The van der Waals surface area contributed by atoms with Crippen molar-refractivity contribution in [3.63, 3.8) is 0 Å². The lowest BCUT2D eigenvalue weighted by molar-refractivity contribution is 0.0696. The Labute approximate surface area is 119 Å². The van der Waals surface area contributed by atoms with Gasteiger partial charge in [0.05, 0.1) is 5.56 Å². The number of nitrogens with one attached hydrogen (secondary N) is 1. The highest BCUT2D eigenvalue weighted by atomic mass is 16.4. The van der Waals surface area contributed by atoms with E-state index >= 15 is 0 Å². The fraction of sp³-hybridized carbons (Fsp3) is 0.235. The first-order valence-corrected chi connectivity index (χ1v) is 6.62. The van der Waals surface area contributed by atoms with E-state index in [4.69, 9.17) is 5.11 Å². The van der Waals surface area contributed by atoms with Gasteiger partial charge in [0.15, 0.2) is 0 Å². The van der Waals surface area contributed by atoms with E-state index < -0.39 is 5.97 Å². The Bertz CT molecular complexity index is 647. The van der Waals surface area contributed by atoms with E-state index in [0.717, 1.165) is 11.3 Å². The second kappa shape index (κ2) is 5.78. The molecule has 2 N–H and O–H groups in total. The zero-order valence-corrected chi connectivity index (χ0v) is 12.0. The molecule has 0 aliphatic rings. The predicted octanol–water partition coefficient (Wildman–Crippen LogP) is 3.92. The Morgan fingerprint density at radius 3 is 2.55 bits per heavy atom. The highest BCUT2D eigenvalue weighted by Crippen LogP contribution is 2.20. The minimum Gasteiger partial charge on any atom is -0.478 e. The van der Waals surface area contributed by atoms with Gasteiger partial charge in [0.2, 0.25) is 0 Å². The Morgan fingerprint density at radius 2 is 1.90 bits per heavy atom. The van der Waals surface area contributed by atoms with E-state index in [1.165, 1.54) is 16.7 Å². The summed E-state index contributed by atoms with van der Waals surface area (Å²) in [6.45, 7) is 6.68. The lowest BCUT2D eigenvalue weighted by Gasteiger charge is -2.13. The van der Waals surface area contributed by atoms with Crippen LogP contribution in [0.5, 0.6) is 0 Å². The smallest absolute Gasteiger partial charge is 0.336 e. The fourth-order valence-corrected chi connectivity index (χ4v) is 2.29. The number of aryl methyl sites for hydroxylation is 2. The first-order chi connectivity index (χ1) is 9.49. The van der Waals surface area contributed by atoms with Gasteiger partial charge in [-0.25, -0.2) is 4.79 Å². The summed E-state index contributed by atoms with van der Waals surface area (Å²) < 4.78 is 0. The van der Waals surface area contributed by atoms with Crippen molar-refractivity contribution in [1.29, 1.82) is 0 Å². The average molecular weight is 269 g/mol. The molecule has 0 saturated carbocycles. The molecular weight excluding hydrogens is 250 g/mol. The second-order valence-electron chi connectivity index (χ2n) is 5.07. The largest absolute Gasteiger partial charge is 0.478 e. The van der Waals surface area contributed by atoms with Gasteiger partial charge in [-0.3, -0.25) is 0 Å². The Morgan fingerprint density at radius 1 is 1.15 bits per heavy atom. The van der Waals surface area contributed by atoms with Crippen molar-refractivity contribution in [1.82, 2.24) is 0 Å². The monoisotopic (exact) mass is 269 g/mol. The summed E-state index contributed by atoms with van der Waals surface area (Å²) in [7, 11) is 0. The van der Waals surface area contributed by atoms with E-state index in [-0.39, 0.29) is 0 Å². The molecular formula is C17H19NO2. The SMILES string of the molecule is Cc1ccc(CNc2cccc(C(=O)O)c2C)c(C)c1. The van der Waals surface area contributed by atoms with Crippen LogP contribution < -0.4 is 5.32 Å². The minimum atomic E-state index is -0.891. The molecule has 0 atom stereocenters. The number of carboxylic acid groups (broad SMARTS) is 1. The van der Waals surface area contributed by atoms with Gasteiger partial charge >= 0.3 is 5.97 Å². The Kier molecular flexibility index (Phi) is 4.08. The number of benzene rings is 2. The second-order valence-corrected chi connectivity index (χ2v) is 5.07. The Hall–Kier alpha value is -2.29. The molecule has 3 nitrogen and oxygen atoms in total. The number of anilines is 1. The highest BCUT2D eigenvalue weighted by molar-refractivity contribution is 5.91. The molecule has 2 rings (SSSR count). The zero-order chi connectivity index (χ0) is 14.7. The molecule has 20 heavy (non-hydrogen) atoms. The third kappa shape index (κ3) is 2.99. The van der Waals surface area contributed by atoms with Crippen LogP contribution in [0.4, 0.5) is 5.69 Å². The van der Waals surface area contributed by atoms with Crippen molar-refractivity contribution in [2.24, 2.45) is 0 Å². The van der Waals surface area contributed by atoms with Gasteiger partial charge in [-0.15, -0.1) is 0 Å². The number of carbonyl (C=O) groups is 1. The van der Waals surface area contributed by atoms with Crippen LogP contribution in [0.15, 0.2) is 36.4 Å². The normalized spacial score (nSPS) is 10.3. The predicted molar refractivity (Wildman–Crippen MR) is 81.4 cm³/mol. The van der Waals surface area contributed by atoms with Gasteiger partial charge < -0.3 is 10.4 Å². The summed E-state index contributed by atoms with van der Waals surface area (Å²) in [6.07, 6.45) is 0. The first kappa shape index (κ1) is 14.1. The quantitative estimate of drug-likeness (QED) is 0.884. The molecule has 0 bridgehead atoms. The van der Waals surface area contributed by atoms with Crippen molar-refractivity contribution in [3.05, 3.63) is 64.2 Å². The number of hydrogen-bond acceptors (Lipinski definition) is 2. The van der Waals surface area contributed by atoms with Crippen LogP contribution in [0.2, 0.25) is 0 Å². The van der Waals surface area contributed by atoms with Crippen molar-refractivity contribution in [2.75, 3.05) is 5.32 Å². The van der Waals surface area contributed by atoms with Crippen LogP contribution in [0.3, 0.4) is 0 Å². The van der Waals surface area contributed by atoms with E-state index in [1.54, 1.807) is 12.1 Å². The van der Waals surface area contributed by atoms with Crippen LogP contribution in [-0.4, -0.2) is 11.1 Å². The molecule has 0 aromatic heterocycles. The molecule has 0 aliphatic heterocycles. The molecule has 0 radical (unpaired) electrons. The summed E-state index contributed by atoms with van der Waals surface area (Å²) in [5.41, 5.74) is 5.68. The minimum absolute atomic E-state index is 0.343. The summed E-state index contributed by atoms with van der Waals surface area (Å²) >= 11 is 0. The maximum atomic E-state index is 11.1. The lowest BCUT2D eigenvalue weighted by Crippen LogP contribution is -2.06. The molecule has 0 fully saturated rings. The summed E-state index contributed by atoms with van der Waals surface area (Å²) in [5.74, 6) is -0.891. The van der Waals surface area contributed by atoms with Crippen molar-refractivity contribution < 1.29 is 9.90 Å². The molecule has 2 aromatic rings. The van der Waals surface area contributed by atoms with Crippen LogP contribution >= 0.6 is 0 Å². The van der Waals surface area contributed by atoms with Gasteiger partial charge in [0, 0.05) is 12.2 Å². The Balaban J connectivity index is 2.19. The average Bonchev–Trinajstić information content (AvgIpc) is 2.39. The van der Waals surface area contributed by atoms with Gasteiger partial charge in [-0.2, -0.15) is 0 Å². The molecule has 0 spiro atoms. The molecule has 0 heterocycles. The maximum absolute atomic E-state index is 11.1. The lowest BCUT2D eigenvalue weighted by atomic mass is 10.0. The molecule has 0 saturated heterocycles. The molecule has 0 unspecified atom stereocenters. The van der Waals surface area contributed by atoms with Gasteiger partial charge in [-0.05, 0) is 49.6 Å². The van der Waals surface area contributed by atoms with Gasteiger partial charge in [0.25, 0.3) is 0 Å². The zero-order valence-electron chi connectivity index (χ0n) is 12.0.